The molecule has 0 fully saturated rings. The third-order valence-corrected chi connectivity index (χ3v) is 13.2. The minimum atomic E-state index is -0.627. The maximum absolute atomic E-state index is 6.53. The Morgan fingerprint density at radius 1 is 0.281 bits per heavy atom. The van der Waals surface area contributed by atoms with Crippen LogP contribution in [0.5, 0.6) is 0 Å². The molecule has 1 aliphatic rings. The Kier molecular flexibility index (Phi) is 7.22. The third-order valence-electron chi connectivity index (χ3n) is 13.2. The molecule has 4 heterocycles. The largest absolute Gasteiger partial charge is 0.456 e. The second-order valence-corrected chi connectivity index (χ2v) is 16.7. The lowest BCUT2D eigenvalue weighted by Crippen LogP contribution is -2.28. The van der Waals surface area contributed by atoms with Gasteiger partial charge in [-0.2, -0.15) is 0 Å². The van der Waals surface area contributed by atoms with Crippen LogP contribution in [0.15, 0.2) is 213 Å². The first kappa shape index (κ1) is 35.0. The molecule has 6 heteroatoms. The molecule has 0 amide bonds. The zero-order valence-corrected chi connectivity index (χ0v) is 34.1. The van der Waals surface area contributed by atoms with Gasteiger partial charge in [0.1, 0.15) is 33.5 Å². The number of benzene rings is 9. The van der Waals surface area contributed by atoms with Crippen LogP contribution < -0.4 is 0 Å². The van der Waals surface area contributed by atoms with Gasteiger partial charge in [-0.15, -0.1) is 0 Å². The molecule has 0 radical (unpaired) electrons. The van der Waals surface area contributed by atoms with Gasteiger partial charge < -0.3 is 13.3 Å². The monoisotopic (exact) mass is 819 g/mol. The Hall–Kier alpha value is -8.61. The highest BCUT2D eigenvalue weighted by Gasteiger charge is 2.46. The van der Waals surface area contributed by atoms with E-state index in [4.69, 9.17) is 28.2 Å². The summed E-state index contributed by atoms with van der Waals surface area (Å²) in [5.41, 5.74) is 14.0. The van der Waals surface area contributed by atoms with Gasteiger partial charge in [0, 0.05) is 49.0 Å². The van der Waals surface area contributed by atoms with Crippen molar-refractivity contribution < 1.29 is 13.3 Å². The summed E-state index contributed by atoms with van der Waals surface area (Å²) in [5, 5.41) is 6.45. The summed E-state index contributed by atoms with van der Waals surface area (Å²) >= 11 is 0. The van der Waals surface area contributed by atoms with E-state index < -0.39 is 5.41 Å². The summed E-state index contributed by atoms with van der Waals surface area (Å²) in [5.74, 6) is 1.65. The molecule has 9 aromatic carbocycles. The fourth-order valence-corrected chi connectivity index (χ4v) is 10.3. The smallest absolute Gasteiger partial charge is 0.164 e. The highest BCUT2D eigenvalue weighted by molar-refractivity contribution is 6.07. The van der Waals surface area contributed by atoms with Crippen molar-refractivity contribution in [3.8, 4) is 45.3 Å². The average molecular weight is 820 g/mol. The van der Waals surface area contributed by atoms with Crippen LogP contribution in [0.4, 0.5) is 0 Å². The molecule has 13 aromatic rings. The Morgan fingerprint density at radius 3 is 1.14 bits per heavy atom. The number of aromatic nitrogens is 3. The molecular weight excluding hydrogens is 787 g/mol. The van der Waals surface area contributed by atoms with Gasteiger partial charge in [-0.3, -0.25) is 0 Å². The lowest BCUT2D eigenvalue weighted by Gasteiger charge is -2.34. The van der Waals surface area contributed by atoms with Crippen LogP contribution in [-0.4, -0.2) is 15.0 Å². The normalized spacial score (nSPS) is 13.1. The molecule has 6 nitrogen and oxygen atoms in total. The van der Waals surface area contributed by atoms with E-state index in [1.165, 1.54) is 22.3 Å². The first-order valence-electron chi connectivity index (χ1n) is 21.5. The Bertz CT molecular complexity index is 3860. The van der Waals surface area contributed by atoms with Gasteiger partial charge in [0.2, 0.25) is 0 Å². The average Bonchev–Trinajstić information content (AvgIpc) is 4.11. The molecule has 0 saturated carbocycles. The number of nitrogens with zero attached hydrogens (tertiary/aromatic N) is 3. The maximum Gasteiger partial charge on any atom is 0.164 e. The molecule has 14 rings (SSSR count). The molecule has 0 unspecified atom stereocenters. The molecular formula is C58H33N3O3. The van der Waals surface area contributed by atoms with Gasteiger partial charge in [-0.1, -0.05) is 152 Å². The zero-order valence-electron chi connectivity index (χ0n) is 34.1. The van der Waals surface area contributed by atoms with Crippen LogP contribution in [-0.2, 0) is 5.41 Å². The van der Waals surface area contributed by atoms with Crippen molar-refractivity contribution in [1.29, 1.82) is 0 Å². The summed E-state index contributed by atoms with van der Waals surface area (Å²) in [4.78, 5) is 15.5. The number of fused-ring (bicyclic) bond motifs is 12. The minimum Gasteiger partial charge on any atom is -0.456 e. The van der Waals surface area contributed by atoms with Gasteiger partial charge in [-0.25, -0.2) is 15.0 Å². The molecule has 1 aliphatic carbocycles. The number of para-hydroxylation sites is 3. The van der Waals surface area contributed by atoms with E-state index in [-0.39, 0.29) is 0 Å². The fraction of sp³-hybridized carbons (Fsp3) is 0.0172. The quantitative estimate of drug-likeness (QED) is 0.172. The van der Waals surface area contributed by atoms with Crippen molar-refractivity contribution in [3.05, 3.63) is 222 Å². The number of rotatable bonds is 5. The van der Waals surface area contributed by atoms with Gasteiger partial charge in [-0.05, 0) is 81.9 Å². The minimum absolute atomic E-state index is 0.547. The summed E-state index contributed by atoms with van der Waals surface area (Å²) in [7, 11) is 0. The van der Waals surface area contributed by atoms with Gasteiger partial charge in [0.15, 0.2) is 17.5 Å². The summed E-state index contributed by atoms with van der Waals surface area (Å²) in [6.45, 7) is 0. The van der Waals surface area contributed by atoms with Gasteiger partial charge in [0.05, 0.1) is 5.41 Å². The second kappa shape index (κ2) is 13.2. The van der Waals surface area contributed by atoms with Crippen LogP contribution in [0.3, 0.4) is 0 Å². The standard InChI is InChI=1S/C58H33N3O3/c1-6-16-47-39(11-1)40-12-2-7-17-48(40)58(47,38-27-30-46-43-15-5-10-20-51(43)64-54(46)33-38)37-25-21-34(22-26-37)55-59-56(35-23-28-44-41-13-3-8-18-49(41)62-52(44)31-35)61-57(60-55)36-24-29-45-42-14-4-9-19-50(42)63-53(45)32-36/h1-33H. The Balaban J connectivity index is 0.956. The van der Waals surface area contributed by atoms with Crippen molar-refractivity contribution >= 4 is 65.8 Å². The van der Waals surface area contributed by atoms with Crippen LogP contribution >= 0.6 is 0 Å². The molecule has 0 spiro atoms. The predicted octanol–water partition coefficient (Wildman–Crippen LogP) is 14.9. The van der Waals surface area contributed by atoms with E-state index in [2.05, 4.69) is 140 Å². The highest BCUT2D eigenvalue weighted by Crippen LogP contribution is 2.56. The number of furan rings is 3. The highest BCUT2D eigenvalue weighted by atomic mass is 16.3. The molecule has 0 saturated heterocycles. The fourth-order valence-electron chi connectivity index (χ4n) is 10.3. The lowest BCUT2D eigenvalue weighted by molar-refractivity contribution is 0.665. The Morgan fingerprint density at radius 2 is 0.641 bits per heavy atom. The predicted molar refractivity (Wildman–Crippen MR) is 255 cm³/mol. The summed E-state index contributed by atoms with van der Waals surface area (Å²) in [6, 6.07) is 69.9. The molecule has 0 N–H and O–H groups in total. The molecule has 298 valence electrons. The van der Waals surface area contributed by atoms with Crippen LogP contribution in [0.2, 0.25) is 0 Å². The Labute approximate surface area is 365 Å². The van der Waals surface area contributed by atoms with E-state index in [9.17, 15) is 0 Å². The van der Waals surface area contributed by atoms with Crippen molar-refractivity contribution in [2.24, 2.45) is 0 Å². The van der Waals surface area contributed by atoms with E-state index >= 15 is 0 Å². The van der Waals surface area contributed by atoms with Gasteiger partial charge >= 0.3 is 0 Å². The van der Waals surface area contributed by atoms with Crippen LogP contribution in [0.25, 0.3) is 111 Å². The van der Waals surface area contributed by atoms with E-state index in [0.717, 1.165) is 93.6 Å². The van der Waals surface area contributed by atoms with E-state index in [0.29, 0.717) is 17.5 Å². The first-order chi connectivity index (χ1) is 31.7. The van der Waals surface area contributed by atoms with E-state index in [1.54, 1.807) is 0 Å². The van der Waals surface area contributed by atoms with E-state index in [1.807, 2.05) is 60.7 Å². The SMILES string of the molecule is c1ccc2c(c1)-c1ccccc1C2(c1ccc(-c2nc(-c3ccc4c(c3)oc3ccccc34)nc(-c3ccc4c(c3)oc3ccccc34)n2)cc1)c1ccc2c(c1)oc1ccccc12. The second-order valence-electron chi connectivity index (χ2n) is 16.7. The van der Waals surface area contributed by atoms with Crippen molar-refractivity contribution in [2.45, 2.75) is 5.41 Å². The maximum atomic E-state index is 6.53. The molecule has 0 bridgehead atoms. The first-order valence-corrected chi connectivity index (χ1v) is 21.5. The van der Waals surface area contributed by atoms with Crippen LogP contribution in [0.1, 0.15) is 22.3 Å². The molecule has 4 aromatic heterocycles. The summed E-state index contributed by atoms with van der Waals surface area (Å²) in [6.07, 6.45) is 0. The molecule has 0 aliphatic heterocycles. The topological polar surface area (TPSA) is 78.1 Å². The number of hydrogen-bond acceptors (Lipinski definition) is 6. The van der Waals surface area contributed by atoms with Crippen molar-refractivity contribution in [3.63, 3.8) is 0 Å². The van der Waals surface area contributed by atoms with Gasteiger partial charge in [0.25, 0.3) is 0 Å². The van der Waals surface area contributed by atoms with Crippen molar-refractivity contribution in [1.82, 2.24) is 15.0 Å². The lowest BCUT2D eigenvalue weighted by atomic mass is 9.67. The summed E-state index contributed by atoms with van der Waals surface area (Å²) < 4.78 is 19.2. The zero-order chi connectivity index (χ0) is 41.9. The number of hydrogen-bond donors (Lipinski definition) is 0. The van der Waals surface area contributed by atoms with Crippen molar-refractivity contribution in [2.75, 3.05) is 0 Å². The third kappa shape index (κ3) is 4.99. The van der Waals surface area contributed by atoms with Crippen LogP contribution in [0, 0.1) is 0 Å². The molecule has 64 heavy (non-hydrogen) atoms. The molecule has 0 atom stereocenters.